The van der Waals surface area contributed by atoms with Gasteiger partial charge in [0.1, 0.15) is 17.5 Å². The highest BCUT2D eigenvalue weighted by molar-refractivity contribution is 5.80. The Morgan fingerprint density at radius 3 is 2.32 bits per heavy atom. The molecule has 0 saturated heterocycles. The molecule has 4 nitrogen and oxygen atoms in total. The minimum absolute atomic E-state index is 0.0177. The van der Waals surface area contributed by atoms with Crippen LogP contribution in [0, 0.1) is 11.3 Å². The van der Waals surface area contributed by atoms with E-state index in [1.165, 1.54) is 7.11 Å². The van der Waals surface area contributed by atoms with Crippen molar-refractivity contribution in [1.82, 2.24) is 0 Å². The second kappa shape index (κ2) is 6.42. The summed E-state index contributed by atoms with van der Waals surface area (Å²) < 4.78 is 47.3. The van der Waals surface area contributed by atoms with Gasteiger partial charge in [0.2, 0.25) is 0 Å². The summed E-state index contributed by atoms with van der Waals surface area (Å²) in [6, 6.07) is 6.75. The highest BCUT2D eigenvalue weighted by atomic mass is 19.4. The number of alkyl halides is 3. The molecule has 1 atom stereocenters. The van der Waals surface area contributed by atoms with Crippen molar-refractivity contribution >= 4 is 5.84 Å². The quantitative estimate of drug-likeness (QED) is 0.619. The van der Waals surface area contributed by atoms with E-state index in [-0.39, 0.29) is 6.61 Å². The van der Waals surface area contributed by atoms with Crippen molar-refractivity contribution in [2.24, 2.45) is 11.7 Å². The number of hydrogen-bond donors (Lipinski definition) is 2. The Labute approximate surface area is 108 Å². The van der Waals surface area contributed by atoms with E-state index in [0.717, 1.165) is 0 Å². The first kappa shape index (κ1) is 15.3. The van der Waals surface area contributed by atoms with Crippen molar-refractivity contribution in [3.05, 3.63) is 29.8 Å². The van der Waals surface area contributed by atoms with Gasteiger partial charge in [0.15, 0.2) is 0 Å². The van der Waals surface area contributed by atoms with Crippen LogP contribution in [-0.4, -0.2) is 25.7 Å². The van der Waals surface area contributed by atoms with Crippen LogP contribution >= 0.6 is 0 Å². The van der Waals surface area contributed by atoms with Gasteiger partial charge in [0.25, 0.3) is 0 Å². The number of hydrogen-bond acceptors (Lipinski definition) is 3. The normalized spacial score (nSPS) is 13.1. The Kier molecular flexibility index (Phi) is 5.17. The first-order chi connectivity index (χ1) is 8.84. The van der Waals surface area contributed by atoms with Crippen molar-refractivity contribution in [3.63, 3.8) is 0 Å². The van der Waals surface area contributed by atoms with Crippen LogP contribution in [0.25, 0.3) is 0 Å². The van der Waals surface area contributed by atoms with Gasteiger partial charge in [-0.25, -0.2) is 0 Å². The van der Waals surface area contributed by atoms with Crippen LogP contribution in [0.2, 0.25) is 0 Å². The molecule has 0 radical (unpaired) electrons. The molecule has 0 spiro atoms. The lowest BCUT2D eigenvalue weighted by molar-refractivity contribution is -0.169. The van der Waals surface area contributed by atoms with E-state index in [1.54, 1.807) is 24.3 Å². The fourth-order valence-corrected chi connectivity index (χ4v) is 1.38. The Morgan fingerprint density at radius 2 is 1.89 bits per heavy atom. The standard InChI is InChI=1S/C12H15F3N2O2/c1-18-9-4-2-8(3-5-9)6-19-7-10(11(16)17)12(13,14)15/h2-5,10H,6-7H2,1H3,(H3,16,17). The van der Waals surface area contributed by atoms with E-state index in [2.05, 4.69) is 0 Å². The van der Waals surface area contributed by atoms with Gasteiger partial charge in [0, 0.05) is 0 Å². The van der Waals surface area contributed by atoms with Crippen LogP contribution in [0.5, 0.6) is 5.75 Å². The molecule has 0 bridgehead atoms. The molecule has 0 aliphatic carbocycles. The molecule has 0 amide bonds. The smallest absolute Gasteiger partial charge is 0.400 e. The number of ether oxygens (including phenoxy) is 2. The summed E-state index contributed by atoms with van der Waals surface area (Å²) in [4.78, 5) is 0. The van der Waals surface area contributed by atoms with Gasteiger partial charge in [-0.3, -0.25) is 5.41 Å². The van der Waals surface area contributed by atoms with Gasteiger partial charge in [-0.15, -0.1) is 0 Å². The average molecular weight is 276 g/mol. The van der Waals surface area contributed by atoms with E-state index in [0.29, 0.717) is 11.3 Å². The van der Waals surface area contributed by atoms with Gasteiger partial charge in [-0.2, -0.15) is 13.2 Å². The van der Waals surface area contributed by atoms with Crippen LogP contribution in [0.3, 0.4) is 0 Å². The fourth-order valence-electron chi connectivity index (χ4n) is 1.38. The molecule has 0 aliphatic heterocycles. The summed E-state index contributed by atoms with van der Waals surface area (Å²) in [7, 11) is 1.52. The Bertz CT molecular complexity index is 418. The highest BCUT2D eigenvalue weighted by Gasteiger charge is 2.42. The molecular weight excluding hydrogens is 261 g/mol. The molecule has 7 heteroatoms. The fraction of sp³-hybridized carbons (Fsp3) is 0.417. The molecule has 1 rings (SSSR count). The zero-order valence-electron chi connectivity index (χ0n) is 10.3. The van der Waals surface area contributed by atoms with Gasteiger partial charge < -0.3 is 15.2 Å². The molecule has 1 aromatic carbocycles. The van der Waals surface area contributed by atoms with Gasteiger partial charge >= 0.3 is 6.18 Å². The number of benzene rings is 1. The Morgan fingerprint density at radius 1 is 1.32 bits per heavy atom. The molecule has 1 aromatic rings. The van der Waals surface area contributed by atoms with Crippen molar-refractivity contribution in [3.8, 4) is 5.75 Å². The summed E-state index contributed by atoms with van der Waals surface area (Å²) in [5.74, 6) is -2.35. The minimum atomic E-state index is -4.56. The van der Waals surface area contributed by atoms with Gasteiger partial charge in [0.05, 0.1) is 20.3 Å². The van der Waals surface area contributed by atoms with Gasteiger partial charge in [-0.1, -0.05) is 12.1 Å². The number of halogens is 3. The van der Waals surface area contributed by atoms with Crippen molar-refractivity contribution in [2.75, 3.05) is 13.7 Å². The molecule has 106 valence electrons. The van der Waals surface area contributed by atoms with Crippen LogP contribution < -0.4 is 10.5 Å². The van der Waals surface area contributed by atoms with Crippen molar-refractivity contribution < 1.29 is 22.6 Å². The van der Waals surface area contributed by atoms with E-state index in [9.17, 15) is 13.2 Å². The first-order valence-corrected chi connectivity index (χ1v) is 5.46. The third-order valence-electron chi connectivity index (χ3n) is 2.48. The summed E-state index contributed by atoms with van der Waals surface area (Å²) in [6.07, 6.45) is -4.56. The summed E-state index contributed by atoms with van der Waals surface area (Å²) in [5, 5.41) is 6.90. The second-order valence-electron chi connectivity index (χ2n) is 3.91. The Hall–Kier alpha value is -1.76. The van der Waals surface area contributed by atoms with Crippen LogP contribution in [0.1, 0.15) is 5.56 Å². The zero-order chi connectivity index (χ0) is 14.5. The largest absolute Gasteiger partial charge is 0.497 e. The van der Waals surface area contributed by atoms with Crippen LogP contribution in [-0.2, 0) is 11.3 Å². The maximum Gasteiger partial charge on any atom is 0.400 e. The number of amidine groups is 1. The average Bonchev–Trinajstić information content (AvgIpc) is 2.33. The summed E-state index contributed by atoms with van der Waals surface area (Å²) in [5.41, 5.74) is 5.62. The molecule has 3 N–H and O–H groups in total. The van der Waals surface area contributed by atoms with Crippen LogP contribution in [0.4, 0.5) is 13.2 Å². The first-order valence-electron chi connectivity index (χ1n) is 5.46. The van der Waals surface area contributed by atoms with Gasteiger partial charge in [-0.05, 0) is 17.7 Å². The van der Waals surface area contributed by atoms with E-state index in [4.69, 9.17) is 20.6 Å². The van der Waals surface area contributed by atoms with Crippen molar-refractivity contribution in [2.45, 2.75) is 12.8 Å². The molecule has 19 heavy (non-hydrogen) atoms. The second-order valence-corrected chi connectivity index (χ2v) is 3.91. The predicted octanol–water partition coefficient (Wildman–Crippen LogP) is 2.33. The molecule has 0 aliphatic rings. The summed E-state index contributed by atoms with van der Waals surface area (Å²) in [6.45, 7) is -0.644. The van der Waals surface area contributed by atoms with E-state index >= 15 is 0 Å². The van der Waals surface area contributed by atoms with E-state index in [1.807, 2.05) is 0 Å². The number of nitrogens with one attached hydrogen (secondary N) is 1. The maximum absolute atomic E-state index is 12.5. The summed E-state index contributed by atoms with van der Waals surface area (Å²) >= 11 is 0. The number of methoxy groups -OCH3 is 1. The molecule has 0 heterocycles. The molecule has 0 saturated carbocycles. The monoisotopic (exact) mass is 276 g/mol. The number of rotatable bonds is 6. The topological polar surface area (TPSA) is 68.3 Å². The molecule has 0 aromatic heterocycles. The van der Waals surface area contributed by atoms with Crippen molar-refractivity contribution in [1.29, 1.82) is 5.41 Å². The van der Waals surface area contributed by atoms with E-state index < -0.39 is 24.5 Å². The Balaban J connectivity index is 2.50. The lowest BCUT2D eigenvalue weighted by Crippen LogP contribution is -2.38. The highest BCUT2D eigenvalue weighted by Crippen LogP contribution is 2.26. The SMILES string of the molecule is COc1ccc(COCC(C(=N)N)C(F)(F)F)cc1. The molecular formula is C12H15F3N2O2. The third-order valence-corrected chi connectivity index (χ3v) is 2.48. The molecule has 1 unspecified atom stereocenters. The third kappa shape index (κ3) is 4.78. The zero-order valence-corrected chi connectivity index (χ0v) is 10.3. The maximum atomic E-state index is 12.5. The van der Waals surface area contributed by atoms with Crippen LogP contribution in [0.15, 0.2) is 24.3 Å². The lowest BCUT2D eigenvalue weighted by atomic mass is 10.1. The predicted molar refractivity (Wildman–Crippen MR) is 64.1 cm³/mol. The lowest BCUT2D eigenvalue weighted by Gasteiger charge is -2.18. The minimum Gasteiger partial charge on any atom is -0.497 e. The number of nitrogens with two attached hydrogens (primary N) is 1. The molecule has 0 fully saturated rings.